The third-order valence-corrected chi connectivity index (χ3v) is 6.41. The van der Waals surface area contributed by atoms with Crippen molar-refractivity contribution < 1.29 is 14.3 Å². The normalized spacial score (nSPS) is 11.7. The van der Waals surface area contributed by atoms with Crippen LogP contribution in [-0.2, 0) is 22.6 Å². The van der Waals surface area contributed by atoms with E-state index in [1.54, 1.807) is 18.2 Å². The molecule has 8 heteroatoms. The van der Waals surface area contributed by atoms with E-state index in [4.69, 9.17) is 27.9 Å². The molecule has 2 amide bonds. The van der Waals surface area contributed by atoms with Gasteiger partial charge in [-0.2, -0.15) is 0 Å². The van der Waals surface area contributed by atoms with Crippen LogP contribution in [0.2, 0.25) is 10.0 Å². The summed E-state index contributed by atoms with van der Waals surface area (Å²) in [6, 6.07) is 10.3. The van der Waals surface area contributed by atoms with Gasteiger partial charge in [-0.15, -0.1) is 0 Å². The molecule has 0 fully saturated rings. The summed E-state index contributed by atoms with van der Waals surface area (Å²) in [4.78, 5) is 27.6. The summed E-state index contributed by atoms with van der Waals surface area (Å²) in [7, 11) is 0. The van der Waals surface area contributed by atoms with Crippen LogP contribution in [0.3, 0.4) is 0 Å². The Balaban J connectivity index is 2.27. The van der Waals surface area contributed by atoms with Gasteiger partial charge in [-0.05, 0) is 65.0 Å². The monoisotopic (exact) mass is 542 g/mol. The van der Waals surface area contributed by atoms with Crippen LogP contribution in [0.4, 0.5) is 0 Å². The maximum absolute atomic E-state index is 13.3. The van der Waals surface area contributed by atoms with Crippen molar-refractivity contribution in [3.63, 3.8) is 0 Å². The van der Waals surface area contributed by atoms with Gasteiger partial charge in [0, 0.05) is 28.7 Å². The van der Waals surface area contributed by atoms with Crippen LogP contribution in [-0.4, -0.2) is 35.9 Å². The first kappa shape index (κ1) is 26.5. The lowest BCUT2D eigenvalue weighted by Crippen LogP contribution is -2.50. The van der Waals surface area contributed by atoms with Crippen LogP contribution in [0.5, 0.6) is 5.75 Å². The van der Waals surface area contributed by atoms with E-state index < -0.39 is 6.04 Å². The number of rotatable bonds is 11. The summed E-state index contributed by atoms with van der Waals surface area (Å²) in [6.45, 7) is 6.34. The summed E-state index contributed by atoms with van der Waals surface area (Å²) >= 11 is 16.2. The van der Waals surface area contributed by atoms with Gasteiger partial charge in [-0.25, -0.2) is 0 Å². The first-order valence-corrected chi connectivity index (χ1v) is 12.3. The van der Waals surface area contributed by atoms with E-state index in [2.05, 4.69) is 28.2 Å². The number of nitrogens with zero attached hydrogens (tertiary/aromatic N) is 1. The highest BCUT2D eigenvalue weighted by Crippen LogP contribution is 2.28. The van der Waals surface area contributed by atoms with Gasteiger partial charge in [0.15, 0.2) is 6.61 Å². The van der Waals surface area contributed by atoms with Gasteiger partial charge in [0.05, 0.1) is 4.47 Å². The molecule has 1 atom stereocenters. The number of ether oxygens (including phenoxy) is 1. The Bertz CT molecular complexity index is 919. The molecule has 0 saturated carbocycles. The average molecular weight is 544 g/mol. The molecule has 0 radical (unpaired) electrons. The predicted molar refractivity (Wildman–Crippen MR) is 133 cm³/mol. The summed E-state index contributed by atoms with van der Waals surface area (Å²) < 4.78 is 6.57. The first-order chi connectivity index (χ1) is 15.3. The fourth-order valence-corrected chi connectivity index (χ4v) is 4.30. The zero-order valence-electron chi connectivity index (χ0n) is 18.6. The van der Waals surface area contributed by atoms with E-state index in [0.717, 1.165) is 22.9 Å². The van der Waals surface area contributed by atoms with Crippen LogP contribution in [0.1, 0.15) is 44.7 Å². The third-order valence-electron chi connectivity index (χ3n) is 5.08. The topological polar surface area (TPSA) is 58.6 Å². The molecular weight excluding hydrogens is 515 g/mol. The molecule has 0 saturated heterocycles. The van der Waals surface area contributed by atoms with E-state index in [9.17, 15) is 9.59 Å². The lowest BCUT2D eigenvalue weighted by atomic mass is 10.1. The smallest absolute Gasteiger partial charge is 0.261 e. The molecule has 0 aromatic heterocycles. The fraction of sp³-hybridized carbons (Fsp3) is 0.417. The van der Waals surface area contributed by atoms with Crippen LogP contribution in [0, 0.1) is 0 Å². The lowest BCUT2D eigenvalue weighted by molar-refractivity contribution is -0.143. The SMILES string of the molecule is CCCNC(=O)C(CC)N(Cc1c(Cl)cccc1Cl)C(=O)COc1ccc(CC)cc1Br. The molecule has 5 nitrogen and oxygen atoms in total. The number of hydrogen-bond donors (Lipinski definition) is 1. The number of halogens is 3. The summed E-state index contributed by atoms with van der Waals surface area (Å²) in [5, 5.41) is 3.77. The van der Waals surface area contributed by atoms with Gasteiger partial charge in [-0.1, -0.05) is 56.1 Å². The van der Waals surface area contributed by atoms with Crippen molar-refractivity contribution in [2.45, 2.75) is 52.6 Å². The maximum atomic E-state index is 13.3. The Morgan fingerprint density at radius 1 is 1.12 bits per heavy atom. The second-order valence-corrected chi connectivity index (χ2v) is 9.01. The van der Waals surface area contributed by atoms with Crippen molar-refractivity contribution in [2.24, 2.45) is 0 Å². The van der Waals surface area contributed by atoms with Crippen LogP contribution >= 0.6 is 39.1 Å². The molecule has 0 aliphatic rings. The summed E-state index contributed by atoms with van der Waals surface area (Å²) in [5.41, 5.74) is 1.75. The van der Waals surface area contributed by atoms with Gasteiger partial charge in [-0.3, -0.25) is 9.59 Å². The quantitative estimate of drug-likeness (QED) is 0.376. The summed E-state index contributed by atoms with van der Waals surface area (Å²) in [5.74, 6) is 0.0278. The minimum absolute atomic E-state index is 0.106. The van der Waals surface area contributed by atoms with Gasteiger partial charge >= 0.3 is 0 Å². The molecule has 32 heavy (non-hydrogen) atoms. The van der Waals surface area contributed by atoms with Crippen molar-refractivity contribution in [2.75, 3.05) is 13.2 Å². The molecule has 2 rings (SSSR count). The number of aryl methyl sites for hydroxylation is 1. The average Bonchev–Trinajstić information content (AvgIpc) is 2.78. The maximum Gasteiger partial charge on any atom is 0.261 e. The Labute approximate surface area is 208 Å². The molecule has 1 N–H and O–H groups in total. The second-order valence-electron chi connectivity index (χ2n) is 7.34. The van der Waals surface area contributed by atoms with E-state index in [0.29, 0.717) is 34.3 Å². The third kappa shape index (κ3) is 7.12. The fourth-order valence-electron chi connectivity index (χ4n) is 3.24. The highest BCUT2D eigenvalue weighted by Gasteiger charge is 2.30. The second kappa shape index (κ2) is 13.1. The highest BCUT2D eigenvalue weighted by molar-refractivity contribution is 9.10. The molecule has 0 bridgehead atoms. The molecule has 0 heterocycles. The van der Waals surface area contributed by atoms with E-state index in [-0.39, 0.29) is 25.0 Å². The lowest BCUT2D eigenvalue weighted by Gasteiger charge is -2.31. The van der Waals surface area contributed by atoms with Crippen LogP contribution in [0.15, 0.2) is 40.9 Å². The minimum atomic E-state index is -0.670. The zero-order chi connectivity index (χ0) is 23.7. The van der Waals surface area contributed by atoms with Gasteiger partial charge in [0.2, 0.25) is 5.91 Å². The Hall–Kier alpha value is -1.76. The molecule has 0 aliphatic carbocycles. The van der Waals surface area contributed by atoms with Crippen molar-refractivity contribution in [1.82, 2.24) is 10.2 Å². The number of benzene rings is 2. The van der Waals surface area contributed by atoms with Crippen LogP contribution < -0.4 is 10.1 Å². The Kier molecular flexibility index (Phi) is 10.8. The highest BCUT2D eigenvalue weighted by atomic mass is 79.9. The Morgan fingerprint density at radius 3 is 2.38 bits per heavy atom. The number of hydrogen-bond acceptors (Lipinski definition) is 3. The van der Waals surface area contributed by atoms with Crippen molar-refractivity contribution in [3.8, 4) is 5.75 Å². The molecule has 174 valence electrons. The molecular formula is C24H29BrCl2N2O3. The largest absolute Gasteiger partial charge is 0.483 e. The molecule has 2 aromatic carbocycles. The van der Waals surface area contributed by atoms with Crippen LogP contribution in [0.25, 0.3) is 0 Å². The predicted octanol–water partition coefficient (Wildman–Crippen LogP) is 6.03. The molecule has 0 spiro atoms. The first-order valence-electron chi connectivity index (χ1n) is 10.7. The van der Waals surface area contributed by atoms with Gasteiger partial charge in [0.25, 0.3) is 5.91 Å². The number of carbonyl (C=O) groups is 2. The van der Waals surface area contributed by atoms with E-state index >= 15 is 0 Å². The standard InChI is InChI=1S/C24H29BrCl2N2O3/c1-4-12-28-24(31)21(6-3)29(14-17-19(26)8-7-9-20(17)27)23(30)15-32-22-11-10-16(5-2)13-18(22)25/h7-11,13,21H,4-6,12,14-15H2,1-3H3,(H,28,31). The van der Waals surface area contributed by atoms with Crippen molar-refractivity contribution in [1.29, 1.82) is 0 Å². The molecule has 2 aromatic rings. The zero-order valence-corrected chi connectivity index (χ0v) is 21.7. The summed E-state index contributed by atoms with van der Waals surface area (Å²) in [6.07, 6.45) is 2.14. The number of carbonyl (C=O) groups excluding carboxylic acids is 2. The van der Waals surface area contributed by atoms with E-state index in [1.807, 2.05) is 32.0 Å². The molecule has 0 aliphatic heterocycles. The number of nitrogens with one attached hydrogen (secondary N) is 1. The van der Waals surface area contributed by atoms with Gasteiger partial charge in [0.1, 0.15) is 11.8 Å². The van der Waals surface area contributed by atoms with Crippen molar-refractivity contribution >= 4 is 50.9 Å². The van der Waals surface area contributed by atoms with Crippen molar-refractivity contribution in [3.05, 3.63) is 62.0 Å². The Morgan fingerprint density at radius 2 is 1.81 bits per heavy atom. The van der Waals surface area contributed by atoms with E-state index in [1.165, 1.54) is 4.90 Å². The molecule has 1 unspecified atom stereocenters. The van der Waals surface area contributed by atoms with Gasteiger partial charge < -0.3 is 15.0 Å². The number of amides is 2. The minimum Gasteiger partial charge on any atom is -0.483 e.